The van der Waals surface area contributed by atoms with E-state index < -0.39 is 0 Å². The number of phenols is 1. The molecule has 5 heteroatoms. The van der Waals surface area contributed by atoms with Crippen molar-refractivity contribution in [3.8, 4) is 5.75 Å². The zero-order valence-corrected chi connectivity index (χ0v) is 21.2. The van der Waals surface area contributed by atoms with Gasteiger partial charge in [0.2, 0.25) is 11.8 Å². The highest BCUT2D eigenvalue weighted by Gasteiger charge is 2.56. The fourth-order valence-electron chi connectivity index (χ4n) is 6.59. The molecule has 3 aromatic carbocycles. The van der Waals surface area contributed by atoms with Crippen LogP contribution < -0.4 is 4.90 Å². The molecule has 2 aliphatic heterocycles. The standard InChI is InChI=1S/C32H31NO4/c1-19(16-21-13-14-27(34)24-11-7-6-10-23(21)24)12-15-28-29-20(2)17-25-30(26(29)18-37-28)32(36)33(31(25)35)22-8-4-3-5-9-22/h3-11,13-14,16,25-26,28,30,34H,12,15,17-18H2,1-2H3/b19-16+/t25-,26+,28-,30-/m1/s1. The van der Waals surface area contributed by atoms with Crippen molar-refractivity contribution in [2.45, 2.75) is 39.2 Å². The Hall–Kier alpha value is -3.70. The number of carbonyl (C=O) groups excluding carboxylic acids is 2. The highest BCUT2D eigenvalue weighted by Crippen LogP contribution is 2.50. The first kappa shape index (κ1) is 23.7. The number of carbonyl (C=O) groups is 2. The SMILES string of the molecule is CC1=C2[C@@H](CC/C(C)=C/c3ccc(O)c4ccccc34)OC[C@@H]2[C@@H]2C(=O)N(c3ccccc3)C(=O)[C@@H]2C1. The summed E-state index contributed by atoms with van der Waals surface area (Å²) in [4.78, 5) is 28.2. The Morgan fingerprint density at radius 2 is 1.70 bits per heavy atom. The number of amides is 2. The second kappa shape index (κ2) is 9.31. The minimum atomic E-state index is -0.337. The molecular formula is C32H31NO4. The average Bonchev–Trinajstić information content (AvgIpc) is 3.44. The zero-order valence-electron chi connectivity index (χ0n) is 21.2. The molecule has 6 rings (SSSR count). The molecule has 0 saturated carbocycles. The van der Waals surface area contributed by atoms with E-state index in [4.69, 9.17) is 4.74 Å². The van der Waals surface area contributed by atoms with Crippen LogP contribution in [-0.4, -0.2) is 29.6 Å². The first-order valence-electron chi connectivity index (χ1n) is 13.1. The van der Waals surface area contributed by atoms with E-state index in [1.54, 1.807) is 6.07 Å². The van der Waals surface area contributed by atoms with Gasteiger partial charge < -0.3 is 9.84 Å². The zero-order chi connectivity index (χ0) is 25.7. The quantitative estimate of drug-likeness (QED) is 0.336. The van der Waals surface area contributed by atoms with Crippen molar-refractivity contribution < 1.29 is 19.4 Å². The average molecular weight is 494 g/mol. The van der Waals surface area contributed by atoms with E-state index in [-0.39, 0.29) is 35.7 Å². The number of nitrogens with zero attached hydrogens (tertiary/aromatic N) is 1. The molecular weight excluding hydrogens is 462 g/mol. The smallest absolute Gasteiger partial charge is 0.238 e. The van der Waals surface area contributed by atoms with Crippen LogP contribution >= 0.6 is 0 Å². The van der Waals surface area contributed by atoms with Gasteiger partial charge in [0.25, 0.3) is 0 Å². The van der Waals surface area contributed by atoms with Crippen LogP contribution in [-0.2, 0) is 14.3 Å². The number of hydrogen-bond donors (Lipinski definition) is 1. The summed E-state index contributed by atoms with van der Waals surface area (Å²) in [6.07, 6.45) is 4.48. The number of fused-ring (bicyclic) bond motifs is 4. The van der Waals surface area contributed by atoms with Gasteiger partial charge in [-0.2, -0.15) is 0 Å². The normalized spacial score (nSPS) is 25.7. The van der Waals surface area contributed by atoms with Gasteiger partial charge in [0.15, 0.2) is 0 Å². The number of ether oxygens (including phenoxy) is 1. The lowest BCUT2D eigenvalue weighted by atomic mass is 9.70. The molecule has 0 unspecified atom stereocenters. The van der Waals surface area contributed by atoms with Crippen LogP contribution in [0.1, 0.15) is 38.7 Å². The van der Waals surface area contributed by atoms with Gasteiger partial charge in [-0.3, -0.25) is 14.5 Å². The molecule has 2 heterocycles. The predicted molar refractivity (Wildman–Crippen MR) is 145 cm³/mol. The van der Waals surface area contributed by atoms with Crippen molar-refractivity contribution >= 4 is 34.4 Å². The largest absolute Gasteiger partial charge is 0.507 e. The van der Waals surface area contributed by atoms with Crippen molar-refractivity contribution in [2.75, 3.05) is 11.5 Å². The summed E-state index contributed by atoms with van der Waals surface area (Å²) in [7, 11) is 0. The third-order valence-corrected chi connectivity index (χ3v) is 8.30. The van der Waals surface area contributed by atoms with E-state index in [0.717, 1.165) is 29.2 Å². The van der Waals surface area contributed by atoms with Crippen molar-refractivity contribution in [3.05, 3.63) is 89.0 Å². The van der Waals surface area contributed by atoms with E-state index in [1.807, 2.05) is 60.7 Å². The molecule has 3 aromatic rings. The lowest BCUT2D eigenvalue weighted by Crippen LogP contribution is -2.34. The van der Waals surface area contributed by atoms with E-state index in [1.165, 1.54) is 21.6 Å². The Morgan fingerprint density at radius 1 is 0.973 bits per heavy atom. The van der Waals surface area contributed by atoms with E-state index >= 15 is 0 Å². The Bertz CT molecular complexity index is 1450. The summed E-state index contributed by atoms with van der Waals surface area (Å²) >= 11 is 0. The van der Waals surface area contributed by atoms with Crippen LogP contribution in [0.5, 0.6) is 5.75 Å². The van der Waals surface area contributed by atoms with E-state index in [0.29, 0.717) is 24.5 Å². The second-order valence-corrected chi connectivity index (χ2v) is 10.6. The highest BCUT2D eigenvalue weighted by molar-refractivity contribution is 6.22. The van der Waals surface area contributed by atoms with Crippen molar-refractivity contribution in [1.29, 1.82) is 0 Å². The molecule has 2 fully saturated rings. The van der Waals surface area contributed by atoms with Gasteiger partial charge in [-0.05, 0) is 67.8 Å². The third kappa shape index (κ3) is 3.98. The summed E-state index contributed by atoms with van der Waals surface area (Å²) < 4.78 is 6.29. The number of allylic oxidation sites excluding steroid dienone is 2. The number of hydrogen-bond acceptors (Lipinski definition) is 4. The minimum absolute atomic E-state index is 0.0282. The van der Waals surface area contributed by atoms with Crippen LogP contribution in [0.4, 0.5) is 5.69 Å². The maximum Gasteiger partial charge on any atom is 0.238 e. The number of phenolic OH excluding ortho intramolecular Hbond substituents is 1. The molecule has 1 aliphatic carbocycles. The molecule has 188 valence electrons. The number of rotatable bonds is 5. The maximum atomic E-state index is 13.5. The van der Waals surface area contributed by atoms with Gasteiger partial charge in [-0.25, -0.2) is 0 Å². The van der Waals surface area contributed by atoms with Gasteiger partial charge in [0.1, 0.15) is 5.75 Å². The van der Waals surface area contributed by atoms with Crippen LogP contribution in [0.2, 0.25) is 0 Å². The molecule has 2 amide bonds. The number of aromatic hydroxyl groups is 1. The Labute approximate surface area is 217 Å². The van der Waals surface area contributed by atoms with Gasteiger partial charge in [0.05, 0.1) is 30.2 Å². The third-order valence-electron chi connectivity index (χ3n) is 8.30. The summed E-state index contributed by atoms with van der Waals surface area (Å²) in [5.41, 5.74) is 5.42. The second-order valence-electron chi connectivity index (χ2n) is 10.6. The molecule has 0 bridgehead atoms. The fraction of sp³-hybridized carbons (Fsp3) is 0.312. The van der Waals surface area contributed by atoms with E-state index in [9.17, 15) is 14.7 Å². The molecule has 1 N–H and O–H groups in total. The van der Waals surface area contributed by atoms with Crippen LogP contribution in [0.15, 0.2) is 83.4 Å². The van der Waals surface area contributed by atoms with Crippen molar-refractivity contribution in [3.63, 3.8) is 0 Å². The van der Waals surface area contributed by atoms with E-state index in [2.05, 4.69) is 19.9 Å². The lowest BCUT2D eigenvalue weighted by Gasteiger charge is -2.30. The first-order chi connectivity index (χ1) is 17.9. The maximum absolute atomic E-state index is 13.5. The summed E-state index contributed by atoms with van der Waals surface area (Å²) in [6.45, 7) is 4.73. The monoisotopic (exact) mass is 493 g/mol. The molecule has 3 aliphatic rings. The molecule has 4 atom stereocenters. The fourth-order valence-corrected chi connectivity index (χ4v) is 6.59. The topological polar surface area (TPSA) is 66.8 Å². The van der Waals surface area contributed by atoms with Gasteiger partial charge in [-0.1, -0.05) is 65.8 Å². The van der Waals surface area contributed by atoms with Crippen LogP contribution in [0, 0.1) is 17.8 Å². The number of anilines is 1. The minimum Gasteiger partial charge on any atom is -0.507 e. The van der Waals surface area contributed by atoms with Crippen molar-refractivity contribution in [1.82, 2.24) is 0 Å². The molecule has 37 heavy (non-hydrogen) atoms. The summed E-state index contributed by atoms with van der Waals surface area (Å²) in [6, 6.07) is 20.9. The lowest BCUT2D eigenvalue weighted by molar-refractivity contribution is -0.122. The molecule has 0 aromatic heterocycles. The van der Waals surface area contributed by atoms with Gasteiger partial charge >= 0.3 is 0 Å². The number of benzene rings is 3. The van der Waals surface area contributed by atoms with Gasteiger partial charge in [-0.15, -0.1) is 0 Å². The van der Waals surface area contributed by atoms with Crippen molar-refractivity contribution in [2.24, 2.45) is 17.8 Å². The Balaban J connectivity index is 1.20. The van der Waals surface area contributed by atoms with Gasteiger partial charge in [0, 0.05) is 11.3 Å². The summed E-state index contributed by atoms with van der Waals surface area (Å²) in [5, 5.41) is 12.1. The Kier molecular flexibility index (Phi) is 5.96. The summed E-state index contributed by atoms with van der Waals surface area (Å²) in [5.74, 6) is -0.540. The number of para-hydroxylation sites is 1. The van der Waals surface area contributed by atoms with Crippen LogP contribution in [0.25, 0.3) is 16.8 Å². The Morgan fingerprint density at radius 3 is 2.49 bits per heavy atom. The molecule has 2 saturated heterocycles. The predicted octanol–water partition coefficient (Wildman–Crippen LogP) is 6.27. The highest BCUT2D eigenvalue weighted by atomic mass is 16.5. The number of imide groups is 1. The van der Waals surface area contributed by atoms with Crippen LogP contribution in [0.3, 0.4) is 0 Å². The first-order valence-corrected chi connectivity index (χ1v) is 13.1. The molecule has 0 radical (unpaired) electrons. The molecule has 0 spiro atoms. The molecule has 5 nitrogen and oxygen atoms in total.